The van der Waals surface area contributed by atoms with Crippen LogP contribution in [0.5, 0.6) is 0 Å². The minimum Gasteiger partial charge on any atom is -0.208 e. The Kier molecular flexibility index (Phi) is 6.54. The van der Waals surface area contributed by atoms with Crippen molar-refractivity contribution in [2.24, 2.45) is 0 Å². The van der Waals surface area contributed by atoms with Crippen molar-refractivity contribution in [3.05, 3.63) is 139 Å². The number of fused-ring (bicyclic) bond motifs is 1. The Morgan fingerprint density at radius 3 is 1.23 bits per heavy atom. The van der Waals surface area contributed by atoms with Crippen molar-refractivity contribution < 1.29 is 0 Å². The summed E-state index contributed by atoms with van der Waals surface area (Å²) in [5, 5.41) is 0. The third kappa shape index (κ3) is 5.17. The van der Waals surface area contributed by atoms with Crippen molar-refractivity contribution in [3.63, 3.8) is 0 Å². The molecule has 0 radical (unpaired) electrons. The topological polar surface area (TPSA) is 38.7 Å². The number of hydrogen-bond acceptors (Lipinski definition) is 3. The molecule has 0 atom stereocenters. The van der Waals surface area contributed by atoms with Gasteiger partial charge in [0.15, 0.2) is 17.5 Å². The highest BCUT2D eigenvalue weighted by Crippen LogP contribution is 2.50. The molecule has 0 aliphatic heterocycles. The Hall–Kier alpha value is -4.89. The summed E-state index contributed by atoms with van der Waals surface area (Å²) in [5.74, 6) is 2.06. The lowest BCUT2D eigenvalue weighted by Gasteiger charge is -2.22. The fraction of sp³-hybridized carbons (Fsp3) is 0.175. The van der Waals surface area contributed by atoms with Gasteiger partial charge >= 0.3 is 0 Å². The maximum absolute atomic E-state index is 5.03. The van der Waals surface area contributed by atoms with E-state index in [1.54, 1.807) is 0 Å². The van der Waals surface area contributed by atoms with Crippen LogP contribution in [0, 0.1) is 0 Å². The standard InChI is InChI=1S/C40H35N3/c1-39(2)26-40(3,4)35-25-33(23-24-34(35)39)38-42-36(31-13-9-6-10-14-31)41-37(43-38)32-21-19-30(20-22-32)29-17-15-28(16-18-29)27-11-7-5-8-12-27/h5-25H,26H2,1-4H3. The lowest BCUT2D eigenvalue weighted by molar-refractivity contribution is 0.403. The van der Waals surface area contributed by atoms with Crippen molar-refractivity contribution >= 4 is 0 Å². The quantitative estimate of drug-likeness (QED) is 0.212. The first-order chi connectivity index (χ1) is 20.8. The van der Waals surface area contributed by atoms with Crippen LogP contribution in [0.1, 0.15) is 45.2 Å². The van der Waals surface area contributed by atoms with Crippen molar-refractivity contribution in [2.45, 2.75) is 44.9 Å². The van der Waals surface area contributed by atoms with E-state index in [1.807, 2.05) is 24.3 Å². The minimum atomic E-state index is 0.0993. The molecule has 0 bridgehead atoms. The molecule has 1 aliphatic rings. The smallest absolute Gasteiger partial charge is 0.164 e. The molecule has 0 saturated heterocycles. The van der Waals surface area contributed by atoms with E-state index in [1.165, 1.54) is 27.8 Å². The van der Waals surface area contributed by atoms with E-state index < -0.39 is 0 Å². The Morgan fingerprint density at radius 1 is 0.372 bits per heavy atom. The molecule has 3 heteroatoms. The Morgan fingerprint density at radius 2 is 0.721 bits per heavy atom. The minimum absolute atomic E-state index is 0.0993. The molecule has 1 heterocycles. The second-order valence-corrected chi connectivity index (χ2v) is 12.9. The van der Waals surface area contributed by atoms with Gasteiger partial charge in [0.25, 0.3) is 0 Å². The molecule has 0 N–H and O–H groups in total. The molecule has 0 amide bonds. The molecule has 1 aliphatic carbocycles. The van der Waals surface area contributed by atoms with E-state index in [0.717, 1.165) is 28.7 Å². The average molecular weight is 558 g/mol. The van der Waals surface area contributed by atoms with E-state index in [9.17, 15) is 0 Å². The molecule has 1 aromatic heterocycles. The number of aromatic nitrogens is 3. The van der Waals surface area contributed by atoms with Gasteiger partial charge in [0.05, 0.1) is 0 Å². The summed E-state index contributed by atoms with van der Waals surface area (Å²) in [6.07, 6.45) is 1.12. The lowest BCUT2D eigenvalue weighted by atomic mass is 9.82. The summed E-state index contributed by atoms with van der Waals surface area (Å²) in [5.41, 5.74) is 10.8. The van der Waals surface area contributed by atoms with E-state index in [4.69, 9.17) is 15.0 Å². The second kappa shape index (κ2) is 10.4. The van der Waals surface area contributed by atoms with Crippen molar-refractivity contribution in [1.29, 1.82) is 0 Å². The highest BCUT2D eigenvalue weighted by Gasteiger charge is 2.41. The van der Waals surface area contributed by atoms with E-state index in [0.29, 0.717) is 17.5 Å². The predicted octanol–water partition coefficient (Wildman–Crippen LogP) is 10.2. The monoisotopic (exact) mass is 557 g/mol. The number of benzene rings is 5. The van der Waals surface area contributed by atoms with Crippen LogP contribution in [0.15, 0.2) is 127 Å². The molecule has 0 unspecified atom stereocenters. The Bertz CT molecular complexity index is 1900. The maximum Gasteiger partial charge on any atom is 0.164 e. The molecule has 43 heavy (non-hydrogen) atoms. The van der Waals surface area contributed by atoms with Crippen molar-refractivity contribution in [3.8, 4) is 56.4 Å². The number of hydrogen-bond donors (Lipinski definition) is 0. The van der Waals surface area contributed by atoms with Gasteiger partial charge < -0.3 is 0 Å². The van der Waals surface area contributed by atoms with Gasteiger partial charge in [-0.2, -0.15) is 0 Å². The van der Waals surface area contributed by atoms with E-state index in [-0.39, 0.29) is 10.8 Å². The van der Waals surface area contributed by atoms with Crippen LogP contribution >= 0.6 is 0 Å². The first-order valence-electron chi connectivity index (χ1n) is 15.0. The summed E-state index contributed by atoms with van der Waals surface area (Å²) >= 11 is 0. The zero-order valence-electron chi connectivity index (χ0n) is 25.2. The zero-order chi connectivity index (χ0) is 29.6. The summed E-state index contributed by atoms with van der Waals surface area (Å²) in [4.78, 5) is 15.0. The number of rotatable bonds is 5. The average Bonchev–Trinajstić information content (AvgIpc) is 3.24. The lowest BCUT2D eigenvalue weighted by Crippen LogP contribution is -2.17. The molecule has 0 fully saturated rings. The van der Waals surface area contributed by atoms with Gasteiger partial charge in [-0.25, -0.2) is 15.0 Å². The maximum atomic E-state index is 5.03. The van der Waals surface area contributed by atoms with Crippen LogP contribution in [0.4, 0.5) is 0 Å². The van der Waals surface area contributed by atoms with Gasteiger partial charge in [0.1, 0.15) is 0 Å². The van der Waals surface area contributed by atoms with Gasteiger partial charge in [0.2, 0.25) is 0 Å². The van der Waals surface area contributed by atoms with Crippen LogP contribution < -0.4 is 0 Å². The first kappa shape index (κ1) is 27.0. The number of nitrogens with zero attached hydrogens (tertiary/aromatic N) is 3. The van der Waals surface area contributed by atoms with Crippen molar-refractivity contribution in [2.75, 3.05) is 0 Å². The van der Waals surface area contributed by atoms with Crippen LogP contribution in [0.25, 0.3) is 56.4 Å². The fourth-order valence-corrected chi connectivity index (χ4v) is 6.78. The summed E-state index contributed by atoms with van der Waals surface area (Å²) in [6.45, 7) is 9.37. The van der Waals surface area contributed by atoms with Crippen LogP contribution in [0.2, 0.25) is 0 Å². The molecule has 0 saturated carbocycles. The largest absolute Gasteiger partial charge is 0.208 e. The molecule has 5 aromatic carbocycles. The molecule has 6 aromatic rings. The zero-order valence-corrected chi connectivity index (χ0v) is 25.2. The molecule has 3 nitrogen and oxygen atoms in total. The van der Waals surface area contributed by atoms with Gasteiger partial charge in [0, 0.05) is 16.7 Å². The third-order valence-corrected chi connectivity index (χ3v) is 8.76. The molecule has 210 valence electrons. The van der Waals surface area contributed by atoms with E-state index >= 15 is 0 Å². The molecule has 7 rings (SSSR count). The van der Waals surface area contributed by atoms with Crippen LogP contribution in [-0.4, -0.2) is 15.0 Å². The molecular formula is C40H35N3. The second-order valence-electron chi connectivity index (χ2n) is 12.9. The van der Waals surface area contributed by atoms with Gasteiger partial charge in [-0.15, -0.1) is 0 Å². The van der Waals surface area contributed by atoms with Crippen molar-refractivity contribution in [1.82, 2.24) is 15.0 Å². The van der Waals surface area contributed by atoms with Gasteiger partial charge in [-0.3, -0.25) is 0 Å². The van der Waals surface area contributed by atoms with Gasteiger partial charge in [-0.1, -0.05) is 149 Å². The van der Waals surface area contributed by atoms with Gasteiger partial charge in [-0.05, 0) is 56.7 Å². The summed E-state index contributed by atoms with van der Waals surface area (Å²) in [6, 6.07) is 44.7. The molecule has 0 spiro atoms. The van der Waals surface area contributed by atoms with Crippen LogP contribution in [-0.2, 0) is 10.8 Å². The summed E-state index contributed by atoms with van der Waals surface area (Å²) in [7, 11) is 0. The molecular weight excluding hydrogens is 522 g/mol. The summed E-state index contributed by atoms with van der Waals surface area (Å²) < 4.78 is 0. The Labute approximate surface area is 254 Å². The Balaban J connectivity index is 1.26. The third-order valence-electron chi connectivity index (χ3n) is 8.76. The normalized spacial score (nSPS) is 14.8. The van der Waals surface area contributed by atoms with Crippen LogP contribution in [0.3, 0.4) is 0 Å². The predicted molar refractivity (Wildman–Crippen MR) is 178 cm³/mol. The fourth-order valence-electron chi connectivity index (χ4n) is 6.78. The highest BCUT2D eigenvalue weighted by molar-refractivity contribution is 5.73. The highest BCUT2D eigenvalue weighted by atomic mass is 15.0. The first-order valence-corrected chi connectivity index (χ1v) is 15.0. The SMILES string of the molecule is CC1(C)CC(C)(C)c2cc(-c3nc(-c4ccccc4)nc(-c4ccc(-c5ccc(-c6ccccc6)cc5)cc4)n3)ccc21. The van der Waals surface area contributed by atoms with E-state index in [2.05, 4.69) is 131 Å².